The quantitative estimate of drug-likeness (QED) is 0.689. The van der Waals surface area contributed by atoms with Crippen molar-refractivity contribution in [3.05, 3.63) is 29.3 Å². The number of rotatable bonds is 8. The summed E-state index contributed by atoms with van der Waals surface area (Å²) in [4.78, 5) is 23.3. The highest BCUT2D eigenvalue weighted by atomic mass is 16.5. The van der Waals surface area contributed by atoms with Crippen LogP contribution in [0, 0.1) is 0 Å². The van der Waals surface area contributed by atoms with Gasteiger partial charge < -0.3 is 24.6 Å². The zero-order chi connectivity index (χ0) is 17.4. The molecule has 0 heterocycles. The summed E-state index contributed by atoms with van der Waals surface area (Å²) >= 11 is 0. The van der Waals surface area contributed by atoms with Crippen molar-refractivity contribution in [2.45, 2.75) is 26.0 Å². The van der Waals surface area contributed by atoms with Gasteiger partial charge in [0, 0.05) is 12.6 Å². The second kappa shape index (κ2) is 9.12. The number of aliphatic hydroxyl groups is 1. The number of carbonyl (C=O) groups excluding carboxylic acids is 2. The van der Waals surface area contributed by atoms with E-state index in [-0.39, 0.29) is 29.5 Å². The summed E-state index contributed by atoms with van der Waals surface area (Å²) in [5.41, 5.74) is 0.334. The summed E-state index contributed by atoms with van der Waals surface area (Å²) < 4.78 is 14.8. The van der Waals surface area contributed by atoms with E-state index < -0.39 is 18.0 Å². The number of hydrogen-bond donors (Lipinski definition) is 2. The molecule has 2 N–H and O–H groups in total. The molecule has 0 aliphatic carbocycles. The SMILES string of the molecule is COC(=O)c1cc(OC[C@H](O)CNC(C)C)cc(C(=O)OC)c1. The molecule has 23 heavy (non-hydrogen) atoms. The summed E-state index contributed by atoms with van der Waals surface area (Å²) in [5.74, 6) is -0.915. The Kier molecular flexibility index (Phi) is 7.50. The Bertz CT molecular complexity index is 509. The topological polar surface area (TPSA) is 94.1 Å². The van der Waals surface area contributed by atoms with Gasteiger partial charge in [-0.3, -0.25) is 0 Å². The normalized spacial score (nSPS) is 11.9. The minimum atomic E-state index is -0.722. The molecule has 7 nitrogen and oxygen atoms in total. The van der Waals surface area contributed by atoms with E-state index in [2.05, 4.69) is 14.8 Å². The van der Waals surface area contributed by atoms with Crippen molar-refractivity contribution in [3.8, 4) is 5.75 Å². The standard InChI is InChI=1S/C16H23NO6/c1-10(2)17-8-13(18)9-23-14-6-11(15(19)21-3)5-12(7-14)16(20)22-4/h5-7,10,13,17-18H,8-9H2,1-4H3/t13-/m1/s1. The van der Waals surface area contributed by atoms with Crippen molar-refractivity contribution in [2.75, 3.05) is 27.4 Å². The van der Waals surface area contributed by atoms with Crippen LogP contribution < -0.4 is 10.1 Å². The third-order valence-electron chi connectivity index (χ3n) is 2.95. The lowest BCUT2D eigenvalue weighted by Crippen LogP contribution is -2.35. The fraction of sp³-hybridized carbons (Fsp3) is 0.500. The van der Waals surface area contributed by atoms with Gasteiger partial charge in [-0.1, -0.05) is 13.8 Å². The molecule has 0 aliphatic rings. The number of nitrogens with one attached hydrogen (secondary N) is 1. The van der Waals surface area contributed by atoms with Crippen LogP contribution in [-0.4, -0.2) is 56.6 Å². The van der Waals surface area contributed by atoms with E-state index in [1.54, 1.807) is 0 Å². The molecule has 7 heteroatoms. The van der Waals surface area contributed by atoms with Gasteiger partial charge in [0.15, 0.2) is 0 Å². The monoisotopic (exact) mass is 325 g/mol. The first kappa shape index (κ1) is 18.9. The van der Waals surface area contributed by atoms with E-state index in [0.717, 1.165) is 0 Å². The predicted octanol–water partition coefficient (Wildman–Crippen LogP) is 0.997. The fourth-order valence-electron chi connectivity index (χ4n) is 1.78. The van der Waals surface area contributed by atoms with E-state index in [4.69, 9.17) is 4.74 Å². The number of carbonyl (C=O) groups is 2. The van der Waals surface area contributed by atoms with Gasteiger partial charge in [0.25, 0.3) is 0 Å². The van der Waals surface area contributed by atoms with Crippen LogP contribution in [0.5, 0.6) is 5.75 Å². The van der Waals surface area contributed by atoms with E-state index in [1.165, 1.54) is 32.4 Å². The first-order valence-electron chi connectivity index (χ1n) is 7.23. The molecule has 0 fully saturated rings. The summed E-state index contributed by atoms with van der Waals surface area (Å²) in [6, 6.07) is 4.50. The summed E-state index contributed by atoms with van der Waals surface area (Å²) in [7, 11) is 2.49. The lowest BCUT2D eigenvalue weighted by Gasteiger charge is -2.15. The molecule has 128 valence electrons. The van der Waals surface area contributed by atoms with Crippen molar-refractivity contribution < 1.29 is 28.9 Å². The van der Waals surface area contributed by atoms with Crippen LogP contribution in [0.1, 0.15) is 34.6 Å². The third-order valence-corrected chi connectivity index (χ3v) is 2.95. The molecule has 1 rings (SSSR count). The molecular weight excluding hydrogens is 302 g/mol. The molecule has 0 aromatic heterocycles. The lowest BCUT2D eigenvalue weighted by molar-refractivity contribution is 0.0597. The molecule has 0 radical (unpaired) electrons. The highest BCUT2D eigenvalue weighted by Gasteiger charge is 2.15. The van der Waals surface area contributed by atoms with Gasteiger partial charge in [0.05, 0.1) is 25.3 Å². The van der Waals surface area contributed by atoms with Crippen LogP contribution in [0.3, 0.4) is 0 Å². The fourth-order valence-corrected chi connectivity index (χ4v) is 1.78. The number of aliphatic hydroxyl groups excluding tert-OH is 1. The van der Waals surface area contributed by atoms with Crippen LogP contribution in [-0.2, 0) is 9.47 Å². The predicted molar refractivity (Wildman–Crippen MR) is 83.8 cm³/mol. The smallest absolute Gasteiger partial charge is 0.338 e. The van der Waals surface area contributed by atoms with Gasteiger partial charge in [-0.15, -0.1) is 0 Å². The van der Waals surface area contributed by atoms with Crippen LogP contribution in [0.15, 0.2) is 18.2 Å². The molecule has 1 aromatic rings. The zero-order valence-electron chi connectivity index (χ0n) is 13.8. The van der Waals surface area contributed by atoms with Crippen molar-refractivity contribution in [2.24, 2.45) is 0 Å². The highest BCUT2D eigenvalue weighted by molar-refractivity contribution is 5.96. The Hall–Kier alpha value is -2.12. The van der Waals surface area contributed by atoms with Crippen molar-refractivity contribution >= 4 is 11.9 Å². The molecule has 0 saturated carbocycles. The Balaban J connectivity index is 2.84. The van der Waals surface area contributed by atoms with Gasteiger partial charge in [-0.2, -0.15) is 0 Å². The third kappa shape index (κ3) is 6.25. The lowest BCUT2D eigenvalue weighted by atomic mass is 10.1. The van der Waals surface area contributed by atoms with Crippen molar-refractivity contribution in [1.82, 2.24) is 5.32 Å². The molecule has 0 unspecified atom stereocenters. The number of methoxy groups -OCH3 is 2. The summed E-state index contributed by atoms with van der Waals surface area (Å²) in [6.45, 7) is 4.33. The van der Waals surface area contributed by atoms with Crippen molar-refractivity contribution in [3.63, 3.8) is 0 Å². The maximum absolute atomic E-state index is 11.7. The van der Waals surface area contributed by atoms with Crippen LogP contribution >= 0.6 is 0 Å². The molecule has 0 spiro atoms. The van der Waals surface area contributed by atoms with Gasteiger partial charge in [-0.25, -0.2) is 9.59 Å². The number of esters is 2. The van der Waals surface area contributed by atoms with Crippen molar-refractivity contribution in [1.29, 1.82) is 0 Å². The molecular formula is C16H23NO6. The minimum absolute atomic E-state index is 0.0188. The number of benzene rings is 1. The van der Waals surface area contributed by atoms with Gasteiger partial charge in [0.1, 0.15) is 18.5 Å². The maximum atomic E-state index is 11.7. The molecule has 1 aromatic carbocycles. The van der Waals surface area contributed by atoms with Gasteiger partial charge in [-0.05, 0) is 18.2 Å². The molecule has 0 amide bonds. The molecule has 1 atom stereocenters. The zero-order valence-corrected chi connectivity index (χ0v) is 13.8. The van der Waals surface area contributed by atoms with Gasteiger partial charge >= 0.3 is 11.9 Å². The Morgan fingerprint density at radius 2 is 1.61 bits per heavy atom. The Labute approximate surface area is 135 Å². The van der Waals surface area contributed by atoms with Crippen LogP contribution in [0.4, 0.5) is 0 Å². The van der Waals surface area contributed by atoms with E-state index in [9.17, 15) is 14.7 Å². The number of hydrogen-bond acceptors (Lipinski definition) is 7. The minimum Gasteiger partial charge on any atom is -0.491 e. The highest BCUT2D eigenvalue weighted by Crippen LogP contribution is 2.19. The van der Waals surface area contributed by atoms with Crippen LogP contribution in [0.25, 0.3) is 0 Å². The molecule has 0 bridgehead atoms. The molecule has 0 saturated heterocycles. The number of ether oxygens (including phenoxy) is 3. The largest absolute Gasteiger partial charge is 0.491 e. The summed E-state index contributed by atoms with van der Waals surface area (Å²) in [6.07, 6.45) is -0.722. The maximum Gasteiger partial charge on any atom is 0.338 e. The van der Waals surface area contributed by atoms with E-state index in [0.29, 0.717) is 6.54 Å². The molecule has 0 aliphatic heterocycles. The first-order valence-corrected chi connectivity index (χ1v) is 7.23. The second-order valence-electron chi connectivity index (χ2n) is 5.26. The average Bonchev–Trinajstić information content (AvgIpc) is 2.56. The van der Waals surface area contributed by atoms with Gasteiger partial charge in [0.2, 0.25) is 0 Å². The van der Waals surface area contributed by atoms with Crippen LogP contribution in [0.2, 0.25) is 0 Å². The van der Waals surface area contributed by atoms with E-state index >= 15 is 0 Å². The second-order valence-corrected chi connectivity index (χ2v) is 5.26. The summed E-state index contributed by atoms with van der Waals surface area (Å²) in [5, 5.41) is 12.9. The first-order chi connectivity index (χ1) is 10.9. The Morgan fingerprint density at radius 1 is 1.09 bits per heavy atom. The average molecular weight is 325 g/mol. The Morgan fingerprint density at radius 3 is 2.04 bits per heavy atom. The van der Waals surface area contributed by atoms with E-state index in [1.807, 2.05) is 13.8 Å².